The van der Waals surface area contributed by atoms with Crippen molar-refractivity contribution in [3.05, 3.63) is 53.9 Å². The highest BCUT2D eigenvalue weighted by Gasteiger charge is 2.34. The molecule has 0 bridgehead atoms. The number of hydrogen-bond donors (Lipinski definition) is 1. The molecule has 6 heteroatoms. The number of benzene rings is 1. The van der Waals surface area contributed by atoms with Gasteiger partial charge in [0.2, 0.25) is 0 Å². The fourth-order valence-electron chi connectivity index (χ4n) is 1.98. The summed E-state index contributed by atoms with van der Waals surface area (Å²) >= 11 is 0. The second-order valence-electron chi connectivity index (χ2n) is 4.56. The minimum absolute atomic E-state index is 0.0209. The molecule has 1 aromatic heterocycles. The first-order valence-corrected chi connectivity index (χ1v) is 6.33. The summed E-state index contributed by atoms with van der Waals surface area (Å²) < 4.78 is 44.2. The van der Waals surface area contributed by atoms with Crippen LogP contribution in [0.4, 0.5) is 18.9 Å². The zero-order valence-electron chi connectivity index (χ0n) is 11.6. The van der Waals surface area contributed by atoms with E-state index in [1.54, 1.807) is 31.5 Å². The maximum absolute atomic E-state index is 13.1. The van der Waals surface area contributed by atoms with Gasteiger partial charge in [-0.25, -0.2) is 0 Å². The number of methoxy groups -OCH3 is 1. The fourth-order valence-corrected chi connectivity index (χ4v) is 1.98. The summed E-state index contributed by atoms with van der Waals surface area (Å²) in [4.78, 5) is 3.89. The molecule has 2 rings (SSSR count). The Bertz CT molecular complexity index is 600. The van der Waals surface area contributed by atoms with Gasteiger partial charge in [-0.3, -0.25) is 4.98 Å². The molecule has 1 unspecified atom stereocenters. The van der Waals surface area contributed by atoms with Crippen LogP contribution < -0.4 is 10.1 Å². The van der Waals surface area contributed by atoms with Gasteiger partial charge >= 0.3 is 6.18 Å². The van der Waals surface area contributed by atoms with Crippen molar-refractivity contribution in [3.8, 4) is 5.75 Å². The minimum Gasteiger partial charge on any atom is -0.497 e. The van der Waals surface area contributed by atoms with Crippen molar-refractivity contribution in [1.29, 1.82) is 0 Å². The number of hydrogen-bond acceptors (Lipinski definition) is 3. The first-order chi connectivity index (χ1) is 9.91. The third kappa shape index (κ3) is 3.65. The number of halogens is 3. The van der Waals surface area contributed by atoms with E-state index in [0.29, 0.717) is 0 Å². The Morgan fingerprint density at radius 3 is 2.38 bits per heavy atom. The summed E-state index contributed by atoms with van der Waals surface area (Å²) in [7, 11) is 1.34. The lowest BCUT2D eigenvalue weighted by Crippen LogP contribution is -2.13. The third-order valence-electron chi connectivity index (χ3n) is 3.11. The van der Waals surface area contributed by atoms with Crippen LogP contribution in [0.3, 0.4) is 0 Å². The largest absolute Gasteiger partial charge is 0.497 e. The van der Waals surface area contributed by atoms with Crippen molar-refractivity contribution >= 4 is 5.69 Å². The highest BCUT2D eigenvalue weighted by molar-refractivity contribution is 5.56. The number of pyridine rings is 1. The zero-order chi connectivity index (χ0) is 15.5. The van der Waals surface area contributed by atoms with Crippen LogP contribution in [0.5, 0.6) is 5.75 Å². The van der Waals surface area contributed by atoms with Gasteiger partial charge in [-0.2, -0.15) is 13.2 Å². The van der Waals surface area contributed by atoms with Crippen molar-refractivity contribution in [2.45, 2.75) is 19.1 Å². The molecule has 0 aliphatic heterocycles. The summed E-state index contributed by atoms with van der Waals surface area (Å²) in [6, 6.07) is 7.10. The van der Waals surface area contributed by atoms with Crippen LogP contribution in [-0.4, -0.2) is 12.1 Å². The summed E-state index contributed by atoms with van der Waals surface area (Å²) in [5.74, 6) is 0.171. The van der Waals surface area contributed by atoms with Crippen LogP contribution in [0.2, 0.25) is 0 Å². The number of rotatable bonds is 4. The molecule has 1 aromatic carbocycles. The molecule has 0 spiro atoms. The van der Waals surface area contributed by atoms with E-state index in [2.05, 4.69) is 10.3 Å². The van der Waals surface area contributed by atoms with Gasteiger partial charge in [0.1, 0.15) is 5.75 Å². The SMILES string of the molecule is COc1ccc(NC(C)c2ccncc2)c(C(F)(F)F)c1. The molecule has 112 valence electrons. The quantitative estimate of drug-likeness (QED) is 0.914. The Labute approximate surface area is 120 Å². The van der Waals surface area contributed by atoms with Crippen molar-refractivity contribution in [2.75, 3.05) is 12.4 Å². The molecular formula is C15H15F3N2O. The molecule has 1 heterocycles. The van der Waals surface area contributed by atoms with Gasteiger partial charge < -0.3 is 10.1 Å². The normalized spacial score (nSPS) is 12.8. The van der Waals surface area contributed by atoms with Gasteiger partial charge in [-0.05, 0) is 42.8 Å². The van der Waals surface area contributed by atoms with Crippen LogP contribution in [0, 0.1) is 0 Å². The number of nitrogens with one attached hydrogen (secondary N) is 1. The summed E-state index contributed by atoms with van der Waals surface area (Å²) in [5, 5.41) is 2.88. The van der Waals surface area contributed by atoms with E-state index >= 15 is 0 Å². The molecule has 0 aliphatic carbocycles. The van der Waals surface area contributed by atoms with Gasteiger partial charge in [-0.15, -0.1) is 0 Å². The zero-order valence-corrected chi connectivity index (χ0v) is 11.6. The van der Waals surface area contributed by atoms with E-state index in [9.17, 15) is 13.2 Å². The second-order valence-corrected chi connectivity index (χ2v) is 4.56. The molecule has 0 saturated heterocycles. The Kier molecular flexibility index (Phi) is 4.35. The molecule has 0 amide bonds. The summed E-state index contributed by atoms with van der Waals surface area (Å²) in [5.41, 5.74) is 0.129. The molecule has 0 aliphatic rings. The minimum atomic E-state index is -4.45. The average Bonchev–Trinajstić information content (AvgIpc) is 2.47. The van der Waals surface area contributed by atoms with E-state index in [4.69, 9.17) is 4.74 Å². The summed E-state index contributed by atoms with van der Waals surface area (Å²) in [6.45, 7) is 1.79. The van der Waals surface area contributed by atoms with Gasteiger partial charge in [-0.1, -0.05) is 0 Å². The van der Waals surface area contributed by atoms with Crippen molar-refractivity contribution in [3.63, 3.8) is 0 Å². The molecular weight excluding hydrogens is 281 g/mol. The van der Waals surface area contributed by atoms with E-state index in [0.717, 1.165) is 11.6 Å². The van der Waals surface area contributed by atoms with Gasteiger partial charge in [0.05, 0.1) is 12.7 Å². The van der Waals surface area contributed by atoms with Crippen LogP contribution in [0.15, 0.2) is 42.7 Å². The molecule has 2 aromatic rings. The lowest BCUT2D eigenvalue weighted by molar-refractivity contribution is -0.137. The monoisotopic (exact) mass is 296 g/mol. The molecule has 1 atom stereocenters. The topological polar surface area (TPSA) is 34.1 Å². The Morgan fingerprint density at radius 1 is 1.14 bits per heavy atom. The van der Waals surface area contributed by atoms with Crippen LogP contribution in [0.25, 0.3) is 0 Å². The molecule has 21 heavy (non-hydrogen) atoms. The van der Waals surface area contributed by atoms with Crippen molar-refractivity contribution in [2.24, 2.45) is 0 Å². The van der Waals surface area contributed by atoms with Gasteiger partial charge in [0.15, 0.2) is 0 Å². The van der Waals surface area contributed by atoms with Crippen molar-refractivity contribution in [1.82, 2.24) is 4.98 Å². The Hall–Kier alpha value is -2.24. The first kappa shape index (κ1) is 15.2. The number of ether oxygens (including phenoxy) is 1. The summed E-state index contributed by atoms with van der Waals surface area (Å²) in [6.07, 6.45) is -1.24. The molecule has 3 nitrogen and oxygen atoms in total. The smallest absolute Gasteiger partial charge is 0.418 e. The first-order valence-electron chi connectivity index (χ1n) is 6.33. The van der Waals surface area contributed by atoms with E-state index in [1.165, 1.54) is 19.2 Å². The number of anilines is 1. The molecule has 0 fully saturated rings. The number of alkyl halides is 3. The van der Waals surface area contributed by atoms with E-state index in [-0.39, 0.29) is 17.5 Å². The highest BCUT2D eigenvalue weighted by atomic mass is 19.4. The Balaban J connectivity index is 2.31. The van der Waals surface area contributed by atoms with Gasteiger partial charge in [0, 0.05) is 24.1 Å². The molecule has 0 saturated carbocycles. The average molecular weight is 296 g/mol. The molecule has 0 radical (unpaired) electrons. The predicted octanol–water partition coefficient (Wildman–Crippen LogP) is 4.28. The lowest BCUT2D eigenvalue weighted by atomic mass is 10.1. The second kappa shape index (κ2) is 6.03. The lowest BCUT2D eigenvalue weighted by Gasteiger charge is -2.20. The maximum atomic E-state index is 13.1. The fraction of sp³-hybridized carbons (Fsp3) is 0.267. The van der Waals surface area contributed by atoms with Crippen LogP contribution in [-0.2, 0) is 6.18 Å². The van der Waals surface area contributed by atoms with Crippen molar-refractivity contribution < 1.29 is 17.9 Å². The number of nitrogens with zero attached hydrogens (tertiary/aromatic N) is 1. The predicted molar refractivity (Wildman–Crippen MR) is 74.3 cm³/mol. The van der Waals surface area contributed by atoms with E-state index in [1.807, 2.05) is 0 Å². The molecule has 1 N–H and O–H groups in total. The Morgan fingerprint density at radius 2 is 1.81 bits per heavy atom. The number of aromatic nitrogens is 1. The third-order valence-corrected chi connectivity index (χ3v) is 3.11. The van der Waals surface area contributed by atoms with Gasteiger partial charge in [0.25, 0.3) is 0 Å². The standard InChI is InChI=1S/C15H15F3N2O/c1-10(11-5-7-19-8-6-11)20-14-4-3-12(21-2)9-13(14)15(16,17)18/h3-10,20H,1-2H3. The van der Waals surface area contributed by atoms with Crippen LogP contribution in [0.1, 0.15) is 24.1 Å². The highest BCUT2D eigenvalue weighted by Crippen LogP contribution is 2.38. The van der Waals surface area contributed by atoms with E-state index < -0.39 is 11.7 Å². The maximum Gasteiger partial charge on any atom is 0.418 e. The van der Waals surface area contributed by atoms with Crippen LogP contribution >= 0.6 is 0 Å².